The minimum absolute atomic E-state index is 0.352. The summed E-state index contributed by atoms with van der Waals surface area (Å²) in [5, 5.41) is 12.8. The van der Waals surface area contributed by atoms with Gasteiger partial charge in [0.1, 0.15) is 5.82 Å². The number of aromatic nitrogens is 2. The van der Waals surface area contributed by atoms with E-state index in [9.17, 15) is 9.59 Å². The molecule has 3 amide bonds. The molecule has 3 fully saturated rings. The largest absolute Gasteiger partial charge is 0.383 e. The lowest BCUT2D eigenvalue weighted by atomic mass is 9.83. The molecule has 0 unspecified atom stereocenters. The van der Waals surface area contributed by atoms with Crippen LogP contribution in [0.3, 0.4) is 0 Å². The maximum Gasteiger partial charge on any atom is 0.322 e. The van der Waals surface area contributed by atoms with E-state index < -0.39 is 11.6 Å². The first-order chi connectivity index (χ1) is 23.2. The lowest BCUT2D eigenvalue weighted by Crippen LogP contribution is -2.45. The molecular weight excluding hydrogens is 673 g/mol. The molecule has 4 heterocycles. The number of amides is 3. The number of carbonyl (C=O) groups excluding carboxylic acids is 2. The van der Waals surface area contributed by atoms with Gasteiger partial charge in [-0.15, -0.1) is 0 Å². The minimum Gasteiger partial charge on any atom is -0.383 e. The molecule has 4 aromatic rings. The number of hydrogen-bond acceptors (Lipinski definition) is 9. The second-order valence-electron chi connectivity index (χ2n) is 11.4. The van der Waals surface area contributed by atoms with Crippen LogP contribution in [0.2, 0.25) is 15.1 Å². The number of anilines is 2. The number of nitrogens with two attached hydrogens (primary N) is 1. The Labute approximate surface area is 295 Å². The van der Waals surface area contributed by atoms with Crippen molar-refractivity contribution in [3.05, 3.63) is 105 Å². The van der Waals surface area contributed by atoms with Crippen LogP contribution in [0.25, 0.3) is 11.1 Å². The highest BCUT2D eigenvalue weighted by Gasteiger charge is 2.49. The molecule has 0 atom stereocenters. The van der Waals surface area contributed by atoms with Crippen LogP contribution >= 0.6 is 34.8 Å². The predicted molar refractivity (Wildman–Crippen MR) is 193 cm³/mol. The summed E-state index contributed by atoms with van der Waals surface area (Å²) in [6.07, 6.45) is 1.67. The fraction of sp³-hybridized carbons (Fsp3) is 0.294. The van der Waals surface area contributed by atoms with Gasteiger partial charge in [0, 0.05) is 74.7 Å². The quantitative estimate of drug-likeness (QED) is 0.154. The summed E-state index contributed by atoms with van der Waals surface area (Å²) in [7, 11) is 2.10. The van der Waals surface area contributed by atoms with Crippen molar-refractivity contribution in [2.45, 2.75) is 5.54 Å². The molecule has 0 bridgehead atoms. The molecule has 14 heteroatoms. The summed E-state index contributed by atoms with van der Waals surface area (Å²) in [6, 6.07) is 21.3. The van der Waals surface area contributed by atoms with Crippen molar-refractivity contribution < 1.29 is 9.59 Å². The van der Waals surface area contributed by atoms with E-state index in [0.29, 0.717) is 38.0 Å². The summed E-state index contributed by atoms with van der Waals surface area (Å²) in [6.45, 7) is 8.25. The number of piperazine rings is 2. The number of likely N-dealkylation sites (N-methyl/N-ethyl adjacent to an activating group) is 1. The van der Waals surface area contributed by atoms with Crippen LogP contribution in [0.15, 0.2) is 79.0 Å². The lowest BCUT2D eigenvalue weighted by molar-refractivity contribution is -0.122. The maximum atomic E-state index is 12.3. The maximum absolute atomic E-state index is 12.3. The molecule has 0 spiro atoms. The zero-order valence-corrected chi connectivity index (χ0v) is 28.7. The first-order valence-electron chi connectivity index (χ1n) is 15.6. The highest BCUT2D eigenvalue weighted by molar-refractivity contribution is 6.45. The first-order valence-corrected chi connectivity index (χ1v) is 16.7. The van der Waals surface area contributed by atoms with Gasteiger partial charge in [0.2, 0.25) is 5.95 Å². The highest BCUT2D eigenvalue weighted by Crippen LogP contribution is 2.38. The Bertz CT molecular complexity index is 1650. The van der Waals surface area contributed by atoms with Crippen LogP contribution in [0.4, 0.5) is 16.6 Å². The molecule has 3 aliphatic heterocycles. The number of hydrogen-bond donors (Lipinski definition) is 5. The van der Waals surface area contributed by atoms with Crippen LogP contribution < -0.4 is 31.9 Å². The van der Waals surface area contributed by atoms with E-state index in [-0.39, 0.29) is 5.91 Å². The summed E-state index contributed by atoms with van der Waals surface area (Å²) in [5.74, 6) is 0.632. The van der Waals surface area contributed by atoms with Crippen LogP contribution in [-0.2, 0) is 10.3 Å². The van der Waals surface area contributed by atoms with Gasteiger partial charge in [0.15, 0.2) is 5.54 Å². The fourth-order valence-corrected chi connectivity index (χ4v) is 6.22. The van der Waals surface area contributed by atoms with Gasteiger partial charge in [-0.05, 0) is 30.3 Å². The molecule has 3 aliphatic rings. The number of carbonyl (C=O) groups is 2. The molecule has 3 saturated heterocycles. The standard InChI is InChI=1S/C15H16Cl3N5.C15H12N2O2.C4H10N2/c1-22-2-4-23(5-3-22)15-20-8-11(14(19)21-15)10-6-9(16)7-12(17)13(10)18;18-13-15(17-14(19)16-13,11-7-3-1-4-8-11)12-9-5-2-6-10-12;1-2-6-4-3-5-1/h6-8H,2-5H2,1H3,(H2,19,20,21);1-10H,(H2,16,17,18,19);5-6H,1-4H2. The van der Waals surface area contributed by atoms with Gasteiger partial charge in [0.05, 0.1) is 10.0 Å². The average molecular weight is 711 g/mol. The Morgan fingerprint density at radius 1 is 0.792 bits per heavy atom. The van der Waals surface area contributed by atoms with Crippen LogP contribution in [0, 0.1) is 0 Å². The van der Waals surface area contributed by atoms with Gasteiger partial charge in [0.25, 0.3) is 5.91 Å². The monoisotopic (exact) mass is 709 g/mol. The number of imide groups is 1. The normalized spacial score (nSPS) is 17.3. The summed E-state index contributed by atoms with van der Waals surface area (Å²) >= 11 is 18.4. The van der Waals surface area contributed by atoms with E-state index in [1.54, 1.807) is 18.3 Å². The number of benzene rings is 3. The highest BCUT2D eigenvalue weighted by atomic mass is 35.5. The average Bonchev–Trinajstić information content (AvgIpc) is 3.43. The van der Waals surface area contributed by atoms with Crippen molar-refractivity contribution in [1.29, 1.82) is 0 Å². The van der Waals surface area contributed by atoms with E-state index in [4.69, 9.17) is 40.5 Å². The van der Waals surface area contributed by atoms with Crippen molar-refractivity contribution in [3.63, 3.8) is 0 Å². The molecule has 3 aromatic carbocycles. The third kappa shape index (κ3) is 8.35. The second-order valence-corrected chi connectivity index (χ2v) is 12.6. The van der Waals surface area contributed by atoms with E-state index in [1.807, 2.05) is 60.7 Å². The molecule has 7 rings (SSSR count). The van der Waals surface area contributed by atoms with Gasteiger partial charge in [-0.3, -0.25) is 10.1 Å². The first kappa shape index (κ1) is 35.3. The van der Waals surface area contributed by atoms with Crippen molar-refractivity contribution in [2.75, 3.05) is 70.0 Å². The Morgan fingerprint density at radius 2 is 1.35 bits per heavy atom. The van der Waals surface area contributed by atoms with E-state index in [2.05, 4.69) is 48.1 Å². The lowest BCUT2D eigenvalue weighted by Gasteiger charge is -2.32. The Morgan fingerprint density at radius 3 is 1.83 bits per heavy atom. The number of nitrogen functional groups attached to an aromatic ring is 1. The Hall–Kier alpha value is -3.97. The van der Waals surface area contributed by atoms with Crippen LogP contribution in [-0.4, -0.2) is 86.2 Å². The van der Waals surface area contributed by atoms with Crippen molar-refractivity contribution >= 4 is 58.5 Å². The smallest absolute Gasteiger partial charge is 0.322 e. The van der Waals surface area contributed by atoms with Gasteiger partial charge in [-0.2, -0.15) is 4.98 Å². The minimum atomic E-state index is -1.14. The van der Waals surface area contributed by atoms with Crippen molar-refractivity contribution in [1.82, 2.24) is 36.1 Å². The van der Waals surface area contributed by atoms with Crippen LogP contribution in [0.1, 0.15) is 11.1 Å². The molecule has 252 valence electrons. The van der Waals surface area contributed by atoms with E-state index in [1.165, 1.54) is 0 Å². The predicted octanol–water partition coefficient (Wildman–Crippen LogP) is 4.39. The Kier molecular flexibility index (Phi) is 12.1. The van der Waals surface area contributed by atoms with Gasteiger partial charge in [-0.1, -0.05) is 95.5 Å². The molecule has 0 aliphatic carbocycles. The van der Waals surface area contributed by atoms with E-state index in [0.717, 1.165) is 63.5 Å². The topological polar surface area (TPSA) is 141 Å². The third-order valence-corrected chi connectivity index (χ3v) is 9.13. The molecule has 0 radical (unpaired) electrons. The number of rotatable bonds is 4. The molecule has 6 N–H and O–H groups in total. The number of nitrogens with one attached hydrogen (secondary N) is 4. The number of halogens is 3. The molecule has 48 heavy (non-hydrogen) atoms. The molecule has 11 nitrogen and oxygen atoms in total. The van der Waals surface area contributed by atoms with Gasteiger partial charge < -0.3 is 31.5 Å². The third-order valence-electron chi connectivity index (χ3n) is 8.11. The molecule has 1 aromatic heterocycles. The second kappa shape index (κ2) is 16.4. The zero-order chi connectivity index (χ0) is 34.1. The molecule has 0 saturated carbocycles. The summed E-state index contributed by atoms with van der Waals surface area (Å²) in [5.41, 5.74) is 7.72. The van der Waals surface area contributed by atoms with Gasteiger partial charge in [-0.25, -0.2) is 9.78 Å². The van der Waals surface area contributed by atoms with Crippen molar-refractivity contribution in [3.8, 4) is 11.1 Å². The van der Waals surface area contributed by atoms with Gasteiger partial charge >= 0.3 is 6.03 Å². The molecular formula is C34H38Cl3N9O2. The summed E-state index contributed by atoms with van der Waals surface area (Å²) in [4.78, 5) is 37.1. The fourth-order valence-electron chi connectivity index (χ4n) is 5.51. The number of nitrogens with zero attached hydrogens (tertiary/aromatic N) is 4. The van der Waals surface area contributed by atoms with Crippen LogP contribution in [0.5, 0.6) is 0 Å². The SMILES string of the molecule is C1CNCCN1.CN1CCN(c2ncc(-c3cc(Cl)cc(Cl)c3Cl)c(N)n2)CC1.O=C1NC(=O)C(c2ccccc2)(c2ccccc2)N1. The number of urea groups is 1. The van der Waals surface area contributed by atoms with Crippen molar-refractivity contribution in [2.24, 2.45) is 0 Å². The van der Waals surface area contributed by atoms with E-state index >= 15 is 0 Å². The Balaban J connectivity index is 0.000000162. The zero-order valence-electron chi connectivity index (χ0n) is 26.5. The summed E-state index contributed by atoms with van der Waals surface area (Å²) < 4.78 is 0.